The lowest BCUT2D eigenvalue weighted by Gasteiger charge is -2.32. The summed E-state index contributed by atoms with van der Waals surface area (Å²) in [6.45, 7) is 9.20. The molecule has 4 rings (SSSR count). The Morgan fingerprint density at radius 3 is 2.28 bits per heavy atom. The third kappa shape index (κ3) is 8.43. The van der Waals surface area contributed by atoms with E-state index in [0.717, 1.165) is 28.9 Å². The summed E-state index contributed by atoms with van der Waals surface area (Å²) in [4.78, 5) is 28.0. The lowest BCUT2D eigenvalue weighted by atomic mass is 10.0. The fourth-order valence-electron chi connectivity index (χ4n) is 4.79. The second kappa shape index (κ2) is 13.0. The topological polar surface area (TPSA) is 84.2 Å². The number of aromatic nitrogens is 1. The van der Waals surface area contributed by atoms with E-state index in [9.17, 15) is 14.7 Å². The molecule has 0 saturated carbocycles. The normalized spacial score (nSPS) is 18.0. The van der Waals surface area contributed by atoms with E-state index in [0.29, 0.717) is 45.1 Å². The van der Waals surface area contributed by atoms with Crippen molar-refractivity contribution in [2.24, 2.45) is 0 Å². The molecule has 39 heavy (non-hydrogen) atoms. The lowest BCUT2D eigenvalue weighted by Crippen LogP contribution is -2.51. The highest BCUT2D eigenvalue weighted by molar-refractivity contribution is 5.73. The largest absolute Gasteiger partial charge is 0.494 e. The number of aliphatic hydroxyl groups is 1. The predicted molar refractivity (Wildman–Crippen MR) is 151 cm³/mol. The van der Waals surface area contributed by atoms with Crippen molar-refractivity contribution in [3.8, 4) is 11.5 Å². The Balaban J connectivity index is 1.31. The molecule has 0 unspecified atom stereocenters. The van der Waals surface area contributed by atoms with Crippen LogP contribution < -0.4 is 15.0 Å². The first-order valence-corrected chi connectivity index (χ1v) is 13.5. The summed E-state index contributed by atoms with van der Waals surface area (Å²) >= 11 is 0. The molecule has 1 saturated heterocycles. The Morgan fingerprint density at radius 2 is 1.56 bits per heavy atom. The molecule has 1 aliphatic heterocycles. The van der Waals surface area contributed by atoms with Crippen molar-refractivity contribution in [3.63, 3.8) is 0 Å². The summed E-state index contributed by atoms with van der Waals surface area (Å²) in [6, 6.07) is 19.1. The Morgan fingerprint density at radius 1 is 0.897 bits per heavy atom. The van der Waals surface area contributed by atoms with Gasteiger partial charge in [-0.3, -0.25) is 14.5 Å². The maximum atomic E-state index is 12.2. The first-order chi connectivity index (χ1) is 18.7. The standard InChI is InChI=1S/C31H39N3O5/c1-24-5-10-29(11-6-24)39-23-31(37)21-32(16-17-34(22-31)26(3)35)20-27-8-12-28(13-9-27)38-18-4-15-33-19-25(2)7-14-30(33)36/h5-14,19,37H,4,15-18,20-23H2,1-3H3/t31-/m1/s1. The summed E-state index contributed by atoms with van der Waals surface area (Å²) < 4.78 is 13.5. The van der Waals surface area contributed by atoms with Gasteiger partial charge in [-0.25, -0.2) is 0 Å². The molecule has 208 valence electrons. The van der Waals surface area contributed by atoms with Gasteiger partial charge in [0.05, 0.1) is 13.2 Å². The monoisotopic (exact) mass is 533 g/mol. The Kier molecular flexibility index (Phi) is 9.43. The molecule has 1 N–H and O–H groups in total. The summed E-state index contributed by atoms with van der Waals surface area (Å²) in [7, 11) is 0. The molecule has 0 spiro atoms. The van der Waals surface area contributed by atoms with Crippen LogP contribution in [0.15, 0.2) is 71.7 Å². The quantitative estimate of drug-likeness (QED) is 0.402. The number of pyridine rings is 1. The highest BCUT2D eigenvalue weighted by Crippen LogP contribution is 2.21. The van der Waals surface area contributed by atoms with Gasteiger partial charge in [0.2, 0.25) is 5.91 Å². The number of hydrogen-bond donors (Lipinski definition) is 1. The van der Waals surface area contributed by atoms with Crippen molar-refractivity contribution in [2.75, 3.05) is 39.4 Å². The molecule has 8 nitrogen and oxygen atoms in total. The van der Waals surface area contributed by atoms with E-state index < -0.39 is 5.60 Å². The highest BCUT2D eigenvalue weighted by atomic mass is 16.5. The SMILES string of the molecule is CC(=O)N1CCN(Cc2ccc(OCCCn3cc(C)ccc3=O)cc2)C[C@](O)(COc2ccc(C)cc2)C1. The van der Waals surface area contributed by atoms with Crippen LogP contribution in [0.5, 0.6) is 11.5 Å². The van der Waals surface area contributed by atoms with Crippen LogP contribution >= 0.6 is 0 Å². The second-order valence-electron chi connectivity index (χ2n) is 10.6. The summed E-state index contributed by atoms with van der Waals surface area (Å²) in [5.74, 6) is 1.41. The maximum absolute atomic E-state index is 12.2. The Hall–Kier alpha value is -3.62. The van der Waals surface area contributed by atoms with Gasteiger partial charge in [0.1, 0.15) is 23.7 Å². The van der Waals surface area contributed by atoms with Crippen molar-refractivity contribution >= 4 is 5.91 Å². The van der Waals surface area contributed by atoms with Crippen molar-refractivity contribution in [2.45, 2.75) is 45.9 Å². The maximum Gasteiger partial charge on any atom is 0.250 e. The van der Waals surface area contributed by atoms with E-state index in [4.69, 9.17) is 9.47 Å². The number of rotatable bonds is 10. The minimum Gasteiger partial charge on any atom is -0.494 e. The molecule has 2 aromatic carbocycles. The third-order valence-corrected chi connectivity index (χ3v) is 6.94. The van der Waals surface area contributed by atoms with Gasteiger partial charge in [-0.05, 0) is 55.7 Å². The fourth-order valence-corrected chi connectivity index (χ4v) is 4.79. The van der Waals surface area contributed by atoms with E-state index in [1.807, 2.05) is 74.6 Å². The average Bonchev–Trinajstić information content (AvgIpc) is 3.08. The van der Waals surface area contributed by atoms with Gasteiger partial charge in [-0.1, -0.05) is 35.9 Å². The molecule has 0 radical (unpaired) electrons. The molecule has 0 aliphatic carbocycles. The van der Waals surface area contributed by atoms with Crippen LogP contribution in [-0.2, 0) is 17.9 Å². The zero-order chi connectivity index (χ0) is 27.8. The van der Waals surface area contributed by atoms with Crippen molar-refractivity contribution in [1.29, 1.82) is 0 Å². The van der Waals surface area contributed by atoms with Gasteiger partial charge in [0.25, 0.3) is 5.56 Å². The molecule has 8 heteroatoms. The first kappa shape index (κ1) is 28.4. The number of hydrogen-bond acceptors (Lipinski definition) is 6. The average molecular weight is 534 g/mol. The van der Waals surface area contributed by atoms with Crippen LogP contribution in [0, 0.1) is 13.8 Å². The number of nitrogens with zero attached hydrogens (tertiary/aromatic N) is 3. The van der Waals surface area contributed by atoms with Gasteiger partial charge >= 0.3 is 0 Å². The predicted octanol–water partition coefficient (Wildman–Crippen LogP) is 3.41. The molecule has 1 fully saturated rings. The van der Waals surface area contributed by atoms with Crippen molar-refractivity contribution in [1.82, 2.24) is 14.4 Å². The molecule has 1 amide bonds. The first-order valence-electron chi connectivity index (χ1n) is 13.5. The van der Waals surface area contributed by atoms with Crippen LogP contribution in [0.25, 0.3) is 0 Å². The Bertz CT molecular complexity index is 1290. The van der Waals surface area contributed by atoms with Crippen molar-refractivity contribution < 1.29 is 19.4 Å². The number of carbonyl (C=O) groups is 1. The van der Waals surface area contributed by atoms with Gasteiger partial charge in [0.15, 0.2) is 0 Å². The molecule has 3 aromatic rings. The van der Waals surface area contributed by atoms with Gasteiger partial charge in [-0.15, -0.1) is 0 Å². The van der Waals surface area contributed by atoms with Crippen molar-refractivity contribution in [3.05, 3.63) is 93.9 Å². The Labute approximate surface area is 230 Å². The van der Waals surface area contributed by atoms with Crippen LogP contribution in [0.4, 0.5) is 0 Å². The zero-order valence-corrected chi connectivity index (χ0v) is 23.1. The number of ether oxygens (including phenoxy) is 2. The van der Waals surface area contributed by atoms with Crippen LogP contribution in [0.3, 0.4) is 0 Å². The minimum atomic E-state index is -1.20. The van der Waals surface area contributed by atoms with E-state index >= 15 is 0 Å². The molecule has 1 atom stereocenters. The van der Waals surface area contributed by atoms with E-state index in [-0.39, 0.29) is 24.6 Å². The number of amides is 1. The number of aryl methyl sites for hydroxylation is 3. The smallest absolute Gasteiger partial charge is 0.250 e. The molecular weight excluding hydrogens is 494 g/mol. The van der Waals surface area contributed by atoms with Crippen LogP contribution in [-0.4, -0.2) is 70.4 Å². The molecule has 1 aromatic heterocycles. The molecular formula is C31H39N3O5. The van der Waals surface area contributed by atoms with Crippen LogP contribution in [0.2, 0.25) is 0 Å². The van der Waals surface area contributed by atoms with Gasteiger partial charge in [0, 0.05) is 51.9 Å². The van der Waals surface area contributed by atoms with Gasteiger partial charge < -0.3 is 24.0 Å². The lowest BCUT2D eigenvalue weighted by molar-refractivity contribution is -0.132. The van der Waals surface area contributed by atoms with Gasteiger partial charge in [-0.2, -0.15) is 0 Å². The van der Waals surface area contributed by atoms with E-state index in [1.54, 1.807) is 15.5 Å². The third-order valence-electron chi connectivity index (χ3n) is 6.94. The summed E-state index contributed by atoms with van der Waals surface area (Å²) in [6.07, 6.45) is 2.60. The highest BCUT2D eigenvalue weighted by Gasteiger charge is 2.36. The number of carbonyl (C=O) groups excluding carboxylic acids is 1. The fraction of sp³-hybridized carbons (Fsp3) is 0.419. The number of benzene rings is 2. The molecule has 0 bridgehead atoms. The summed E-state index contributed by atoms with van der Waals surface area (Å²) in [5, 5.41) is 11.5. The number of β-amino-alcohol motifs (C(OH)–C–C–N with tert-alkyl or cyclic N) is 1. The zero-order valence-electron chi connectivity index (χ0n) is 23.1. The van der Waals surface area contributed by atoms with E-state index in [2.05, 4.69) is 4.90 Å². The summed E-state index contributed by atoms with van der Waals surface area (Å²) in [5.41, 5.74) is 2.09. The molecule has 2 heterocycles. The minimum absolute atomic E-state index is 0.00139. The van der Waals surface area contributed by atoms with E-state index in [1.165, 1.54) is 6.92 Å². The second-order valence-corrected chi connectivity index (χ2v) is 10.6. The van der Waals surface area contributed by atoms with Crippen LogP contribution in [0.1, 0.15) is 30.0 Å². The molecule has 1 aliphatic rings.